The summed E-state index contributed by atoms with van der Waals surface area (Å²) >= 11 is 0. The van der Waals surface area contributed by atoms with Gasteiger partial charge >= 0.3 is 0 Å². The topological polar surface area (TPSA) is 89.3 Å². The lowest BCUT2D eigenvalue weighted by Gasteiger charge is -2.27. The van der Waals surface area contributed by atoms with Gasteiger partial charge in [-0.3, -0.25) is 4.79 Å². The van der Waals surface area contributed by atoms with Crippen LogP contribution in [0.15, 0.2) is 0 Å². The van der Waals surface area contributed by atoms with Crippen molar-refractivity contribution in [3.8, 4) is 0 Å². The predicted octanol–water partition coefficient (Wildman–Crippen LogP) is 0.0532. The van der Waals surface area contributed by atoms with Crippen LogP contribution in [0.5, 0.6) is 0 Å². The highest BCUT2D eigenvalue weighted by molar-refractivity contribution is 7.91. The number of carbonyl (C=O) groups is 1. The molecule has 1 aliphatic heterocycles. The Labute approximate surface area is 103 Å². The van der Waals surface area contributed by atoms with Crippen LogP contribution < -0.4 is 11.1 Å². The van der Waals surface area contributed by atoms with Gasteiger partial charge < -0.3 is 11.1 Å². The highest BCUT2D eigenvalue weighted by atomic mass is 32.2. The molecule has 0 aromatic rings. The van der Waals surface area contributed by atoms with Gasteiger partial charge in [0.1, 0.15) is 0 Å². The fourth-order valence-electron chi connectivity index (χ4n) is 2.00. The standard InChI is InChI=1S/C11H22N2O3S/c1-4-8(2)9(12)10(14)13-11(3)5-6-17(15,16)7-11/h8-9H,4-7,12H2,1-3H3,(H,13,14)/t8-,9-,11?/m0/s1. The highest BCUT2D eigenvalue weighted by Gasteiger charge is 2.40. The van der Waals surface area contributed by atoms with Crippen molar-refractivity contribution in [3.63, 3.8) is 0 Å². The molecule has 0 bridgehead atoms. The van der Waals surface area contributed by atoms with Crippen LogP contribution in [0, 0.1) is 5.92 Å². The van der Waals surface area contributed by atoms with E-state index >= 15 is 0 Å². The Morgan fingerprint density at radius 2 is 2.12 bits per heavy atom. The zero-order valence-corrected chi connectivity index (χ0v) is 11.5. The molecule has 0 radical (unpaired) electrons. The van der Waals surface area contributed by atoms with Gasteiger partial charge in [-0.05, 0) is 19.3 Å². The van der Waals surface area contributed by atoms with E-state index in [0.717, 1.165) is 6.42 Å². The van der Waals surface area contributed by atoms with Gasteiger partial charge in [-0.25, -0.2) is 8.42 Å². The van der Waals surface area contributed by atoms with Crippen molar-refractivity contribution in [1.82, 2.24) is 5.32 Å². The quantitative estimate of drug-likeness (QED) is 0.749. The van der Waals surface area contributed by atoms with Crippen molar-refractivity contribution >= 4 is 15.7 Å². The Bertz CT molecular complexity index is 394. The van der Waals surface area contributed by atoms with Gasteiger partial charge in [0.2, 0.25) is 5.91 Å². The summed E-state index contributed by atoms with van der Waals surface area (Å²) in [6.07, 6.45) is 1.29. The zero-order valence-electron chi connectivity index (χ0n) is 10.7. The lowest BCUT2D eigenvalue weighted by atomic mass is 9.96. The summed E-state index contributed by atoms with van der Waals surface area (Å²) in [6, 6.07) is -0.569. The summed E-state index contributed by atoms with van der Waals surface area (Å²) in [5.41, 5.74) is 5.16. The second-order valence-electron chi connectivity index (χ2n) is 5.30. The number of nitrogens with two attached hydrogens (primary N) is 1. The minimum absolute atomic E-state index is 0.0129. The van der Waals surface area contributed by atoms with Crippen molar-refractivity contribution in [2.75, 3.05) is 11.5 Å². The Kier molecular flexibility index (Phi) is 4.19. The lowest BCUT2D eigenvalue weighted by molar-refractivity contribution is -0.124. The first-order valence-corrected chi connectivity index (χ1v) is 7.79. The average molecular weight is 262 g/mol. The van der Waals surface area contributed by atoms with E-state index in [2.05, 4.69) is 5.32 Å². The second kappa shape index (κ2) is 4.94. The number of sulfone groups is 1. The zero-order chi connectivity index (χ0) is 13.3. The molecule has 0 spiro atoms. The summed E-state index contributed by atoms with van der Waals surface area (Å²) in [6.45, 7) is 5.65. The SMILES string of the molecule is CC[C@H](C)[C@H](N)C(=O)NC1(C)CCS(=O)(=O)C1. The molecule has 1 fully saturated rings. The first kappa shape index (κ1) is 14.4. The van der Waals surface area contributed by atoms with Crippen LogP contribution in [0.3, 0.4) is 0 Å². The van der Waals surface area contributed by atoms with E-state index in [1.807, 2.05) is 13.8 Å². The van der Waals surface area contributed by atoms with Crippen molar-refractivity contribution in [2.24, 2.45) is 11.7 Å². The fraction of sp³-hybridized carbons (Fsp3) is 0.909. The Morgan fingerprint density at radius 3 is 2.53 bits per heavy atom. The molecule has 3 atom stereocenters. The van der Waals surface area contributed by atoms with Gasteiger partial charge in [0.05, 0.1) is 23.1 Å². The average Bonchev–Trinajstić information content (AvgIpc) is 2.50. The van der Waals surface area contributed by atoms with Gasteiger partial charge in [0.15, 0.2) is 9.84 Å². The highest BCUT2D eigenvalue weighted by Crippen LogP contribution is 2.23. The molecule has 3 N–H and O–H groups in total. The van der Waals surface area contributed by atoms with E-state index < -0.39 is 21.4 Å². The molecule has 0 aromatic heterocycles. The first-order chi connectivity index (χ1) is 7.69. The number of carbonyl (C=O) groups excluding carboxylic acids is 1. The molecule has 1 heterocycles. The van der Waals surface area contributed by atoms with E-state index in [9.17, 15) is 13.2 Å². The molecule has 1 rings (SSSR count). The minimum atomic E-state index is -3.01. The third-order valence-electron chi connectivity index (χ3n) is 3.49. The lowest BCUT2D eigenvalue weighted by Crippen LogP contribution is -2.54. The summed E-state index contributed by atoms with van der Waals surface area (Å²) < 4.78 is 22.8. The molecule has 1 aliphatic rings. The van der Waals surface area contributed by atoms with Gasteiger partial charge in [-0.2, -0.15) is 0 Å². The third-order valence-corrected chi connectivity index (χ3v) is 5.39. The maximum absolute atomic E-state index is 11.9. The summed E-state index contributed by atoms with van der Waals surface area (Å²) in [5.74, 6) is -0.00281. The molecule has 1 saturated heterocycles. The summed E-state index contributed by atoms with van der Waals surface area (Å²) in [5, 5.41) is 2.78. The van der Waals surface area contributed by atoms with Crippen LogP contribution in [0.1, 0.15) is 33.6 Å². The molecule has 5 nitrogen and oxygen atoms in total. The molecular weight excluding hydrogens is 240 g/mol. The van der Waals surface area contributed by atoms with Crippen molar-refractivity contribution in [2.45, 2.75) is 45.2 Å². The molecule has 1 unspecified atom stereocenters. The van der Waals surface area contributed by atoms with Crippen LogP contribution in [-0.4, -0.2) is 37.4 Å². The van der Waals surface area contributed by atoms with Crippen LogP contribution in [0.2, 0.25) is 0 Å². The largest absolute Gasteiger partial charge is 0.349 e. The van der Waals surface area contributed by atoms with Crippen LogP contribution in [-0.2, 0) is 14.6 Å². The smallest absolute Gasteiger partial charge is 0.237 e. The van der Waals surface area contributed by atoms with Crippen molar-refractivity contribution in [1.29, 1.82) is 0 Å². The van der Waals surface area contributed by atoms with Crippen LogP contribution >= 0.6 is 0 Å². The van der Waals surface area contributed by atoms with Gasteiger partial charge in [0.25, 0.3) is 0 Å². The Morgan fingerprint density at radius 1 is 1.53 bits per heavy atom. The van der Waals surface area contributed by atoms with E-state index in [1.54, 1.807) is 6.92 Å². The van der Waals surface area contributed by atoms with Gasteiger partial charge in [-0.15, -0.1) is 0 Å². The van der Waals surface area contributed by atoms with E-state index in [0.29, 0.717) is 6.42 Å². The maximum atomic E-state index is 11.9. The molecule has 0 aromatic carbocycles. The van der Waals surface area contributed by atoms with E-state index in [1.165, 1.54) is 0 Å². The second-order valence-corrected chi connectivity index (χ2v) is 7.49. The number of hydrogen-bond acceptors (Lipinski definition) is 4. The number of nitrogens with one attached hydrogen (secondary N) is 1. The van der Waals surface area contributed by atoms with Crippen LogP contribution in [0.25, 0.3) is 0 Å². The van der Waals surface area contributed by atoms with Crippen molar-refractivity contribution in [3.05, 3.63) is 0 Å². The molecule has 0 saturated carbocycles. The fourth-order valence-corrected chi connectivity index (χ4v) is 4.10. The number of hydrogen-bond donors (Lipinski definition) is 2. The minimum Gasteiger partial charge on any atom is -0.349 e. The van der Waals surface area contributed by atoms with Crippen molar-refractivity contribution < 1.29 is 13.2 Å². The number of amides is 1. The van der Waals surface area contributed by atoms with Gasteiger partial charge in [-0.1, -0.05) is 20.3 Å². The maximum Gasteiger partial charge on any atom is 0.237 e. The summed E-state index contributed by atoms with van der Waals surface area (Å²) in [4.78, 5) is 11.9. The normalized spacial score (nSPS) is 30.8. The molecule has 1 amide bonds. The van der Waals surface area contributed by atoms with Gasteiger partial charge in [0, 0.05) is 0 Å². The molecule has 6 heteroatoms. The molecular formula is C11H22N2O3S. The molecule has 0 aliphatic carbocycles. The van der Waals surface area contributed by atoms with Crippen LogP contribution in [0.4, 0.5) is 0 Å². The first-order valence-electron chi connectivity index (χ1n) is 5.97. The third kappa shape index (κ3) is 3.67. The van der Waals surface area contributed by atoms with E-state index in [-0.39, 0.29) is 23.3 Å². The predicted molar refractivity (Wildman–Crippen MR) is 67.2 cm³/mol. The monoisotopic (exact) mass is 262 g/mol. The molecule has 100 valence electrons. The number of rotatable bonds is 4. The molecule has 17 heavy (non-hydrogen) atoms. The summed E-state index contributed by atoms with van der Waals surface area (Å²) in [7, 11) is -3.01. The van der Waals surface area contributed by atoms with E-state index in [4.69, 9.17) is 5.73 Å². The Balaban J connectivity index is 2.64. The Hall–Kier alpha value is -0.620.